The lowest BCUT2D eigenvalue weighted by Gasteiger charge is -2.13. The van der Waals surface area contributed by atoms with Gasteiger partial charge in [0.1, 0.15) is 0 Å². The molecule has 1 amide bonds. The summed E-state index contributed by atoms with van der Waals surface area (Å²) in [5, 5.41) is 2.44. The summed E-state index contributed by atoms with van der Waals surface area (Å²) < 4.78 is 38.6. The van der Waals surface area contributed by atoms with Gasteiger partial charge in [-0.05, 0) is 29.8 Å². The standard InChI is InChI=1S/C15H12F3N2OS/c16-15(17,18)13-4-2-1-3-9(13)8-20-14(21)10-5-11(19)7-12(22)6-10/h1-7H,8,19H2,(H,20,21). The van der Waals surface area contributed by atoms with Crippen LogP contribution in [0, 0.1) is 0 Å². The molecule has 0 heterocycles. The van der Waals surface area contributed by atoms with Gasteiger partial charge in [0.25, 0.3) is 5.91 Å². The van der Waals surface area contributed by atoms with Crippen LogP contribution in [0.3, 0.4) is 0 Å². The minimum absolute atomic E-state index is 0.00847. The van der Waals surface area contributed by atoms with Gasteiger partial charge in [-0.15, -0.1) is 0 Å². The molecular formula is C15H12F3N2OS. The molecule has 3 N–H and O–H groups in total. The van der Waals surface area contributed by atoms with Gasteiger partial charge in [-0.3, -0.25) is 4.79 Å². The smallest absolute Gasteiger partial charge is 0.399 e. The van der Waals surface area contributed by atoms with Crippen LogP contribution in [-0.2, 0) is 12.7 Å². The summed E-state index contributed by atoms with van der Waals surface area (Å²) in [6.45, 7) is -0.240. The lowest BCUT2D eigenvalue weighted by atomic mass is 10.1. The van der Waals surface area contributed by atoms with Crippen LogP contribution in [0.2, 0.25) is 0 Å². The third-order valence-electron chi connectivity index (χ3n) is 2.95. The normalized spacial score (nSPS) is 11.2. The highest BCUT2D eigenvalue weighted by atomic mass is 32.1. The van der Waals surface area contributed by atoms with Crippen molar-refractivity contribution < 1.29 is 18.0 Å². The quantitative estimate of drug-likeness (QED) is 0.844. The van der Waals surface area contributed by atoms with Crippen LogP contribution in [0.4, 0.5) is 18.9 Å². The first kappa shape index (κ1) is 16.1. The Kier molecular flexibility index (Phi) is 4.56. The number of benzene rings is 2. The predicted octanol–water partition coefficient (Wildman–Crippen LogP) is 3.77. The second kappa shape index (κ2) is 6.23. The highest BCUT2D eigenvalue weighted by Gasteiger charge is 2.32. The van der Waals surface area contributed by atoms with Crippen molar-refractivity contribution in [3.8, 4) is 0 Å². The van der Waals surface area contributed by atoms with E-state index < -0.39 is 17.6 Å². The first-order chi connectivity index (χ1) is 10.3. The maximum atomic E-state index is 12.9. The fraction of sp³-hybridized carbons (Fsp3) is 0.133. The van der Waals surface area contributed by atoms with Crippen LogP contribution in [0.15, 0.2) is 47.4 Å². The van der Waals surface area contributed by atoms with E-state index in [2.05, 4.69) is 5.32 Å². The van der Waals surface area contributed by atoms with Crippen molar-refractivity contribution in [2.24, 2.45) is 0 Å². The van der Waals surface area contributed by atoms with Crippen LogP contribution in [0.1, 0.15) is 21.5 Å². The van der Waals surface area contributed by atoms with Crippen molar-refractivity contribution in [2.75, 3.05) is 5.73 Å². The minimum Gasteiger partial charge on any atom is -0.399 e. The maximum absolute atomic E-state index is 12.9. The van der Waals surface area contributed by atoms with Crippen LogP contribution in [0.25, 0.3) is 0 Å². The summed E-state index contributed by atoms with van der Waals surface area (Å²) in [6, 6.07) is 9.46. The largest absolute Gasteiger partial charge is 0.416 e. The molecule has 2 rings (SSSR count). The van der Waals surface area contributed by atoms with Gasteiger partial charge in [-0.2, -0.15) is 13.2 Å². The molecule has 0 spiro atoms. The van der Waals surface area contributed by atoms with Crippen molar-refractivity contribution in [2.45, 2.75) is 17.6 Å². The van der Waals surface area contributed by atoms with E-state index in [-0.39, 0.29) is 17.7 Å². The zero-order valence-corrected chi connectivity index (χ0v) is 12.1. The Morgan fingerprint density at radius 2 is 1.86 bits per heavy atom. The average molecular weight is 325 g/mol. The number of rotatable bonds is 3. The fourth-order valence-corrected chi connectivity index (χ4v) is 2.24. The van der Waals surface area contributed by atoms with E-state index in [9.17, 15) is 18.0 Å². The Bertz CT molecular complexity index is 681. The van der Waals surface area contributed by atoms with Crippen LogP contribution in [0.5, 0.6) is 0 Å². The molecule has 1 radical (unpaired) electrons. The topological polar surface area (TPSA) is 55.1 Å². The molecule has 2 aromatic rings. The molecule has 0 fully saturated rings. The molecule has 0 saturated heterocycles. The first-order valence-electron chi connectivity index (χ1n) is 6.28. The number of anilines is 1. The Balaban J connectivity index is 2.15. The molecule has 2 aromatic carbocycles. The number of halogens is 3. The fourth-order valence-electron chi connectivity index (χ4n) is 1.98. The number of nitrogens with two attached hydrogens (primary N) is 1. The summed E-state index contributed by atoms with van der Waals surface area (Å²) in [4.78, 5) is 12.4. The monoisotopic (exact) mass is 325 g/mol. The number of hydrogen-bond donors (Lipinski definition) is 2. The summed E-state index contributed by atoms with van der Waals surface area (Å²) in [6.07, 6.45) is -4.47. The van der Waals surface area contributed by atoms with Crippen molar-refractivity contribution in [3.05, 3.63) is 59.2 Å². The zero-order valence-electron chi connectivity index (χ0n) is 11.3. The Labute approximate surface area is 130 Å². The van der Waals surface area contributed by atoms with E-state index in [1.165, 1.54) is 36.4 Å². The van der Waals surface area contributed by atoms with Gasteiger partial charge >= 0.3 is 6.18 Å². The van der Waals surface area contributed by atoms with Gasteiger partial charge in [-0.1, -0.05) is 30.8 Å². The molecule has 0 aliphatic rings. The molecule has 3 nitrogen and oxygen atoms in total. The third-order valence-corrected chi connectivity index (χ3v) is 3.19. The summed E-state index contributed by atoms with van der Waals surface area (Å²) in [7, 11) is 0. The highest BCUT2D eigenvalue weighted by molar-refractivity contribution is 7.80. The van der Waals surface area contributed by atoms with Crippen molar-refractivity contribution in [3.63, 3.8) is 0 Å². The number of nitrogen functional groups attached to an aromatic ring is 1. The number of hydrogen-bond acceptors (Lipinski definition) is 2. The van der Waals surface area contributed by atoms with Crippen LogP contribution in [-0.4, -0.2) is 5.91 Å². The average Bonchev–Trinajstić information content (AvgIpc) is 2.43. The maximum Gasteiger partial charge on any atom is 0.416 e. The molecule has 0 bridgehead atoms. The summed E-state index contributed by atoms with van der Waals surface area (Å²) in [5.74, 6) is -0.532. The number of carbonyl (C=O) groups excluding carboxylic acids is 1. The van der Waals surface area contributed by atoms with E-state index in [1.807, 2.05) is 0 Å². The van der Waals surface area contributed by atoms with E-state index in [1.54, 1.807) is 0 Å². The summed E-state index contributed by atoms with van der Waals surface area (Å²) in [5.41, 5.74) is 5.35. The zero-order chi connectivity index (χ0) is 16.3. The van der Waals surface area contributed by atoms with Gasteiger partial charge in [0.15, 0.2) is 0 Å². The Morgan fingerprint density at radius 1 is 1.18 bits per heavy atom. The molecule has 115 valence electrons. The molecule has 7 heteroatoms. The van der Waals surface area contributed by atoms with E-state index >= 15 is 0 Å². The van der Waals surface area contributed by atoms with Crippen LogP contribution >= 0.6 is 12.6 Å². The van der Waals surface area contributed by atoms with E-state index in [0.717, 1.165) is 6.07 Å². The lowest BCUT2D eigenvalue weighted by molar-refractivity contribution is -0.138. The number of alkyl halides is 3. The van der Waals surface area contributed by atoms with Crippen molar-refractivity contribution in [1.29, 1.82) is 0 Å². The van der Waals surface area contributed by atoms with E-state index in [0.29, 0.717) is 10.6 Å². The van der Waals surface area contributed by atoms with Gasteiger partial charge in [0, 0.05) is 22.7 Å². The molecule has 0 aromatic heterocycles. The number of nitrogens with one attached hydrogen (secondary N) is 1. The molecule has 22 heavy (non-hydrogen) atoms. The van der Waals surface area contributed by atoms with Crippen LogP contribution < -0.4 is 11.1 Å². The predicted molar refractivity (Wildman–Crippen MR) is 79.3 cm³/mol. The third kappa shape index (κ3) is 3.88. The molecule has 0 saturated carbocycles. The molecule has 0 atom stereocenters. The van der Waals surface area contributed by atoms with E-state index in [4.69, 9.17) is 18.4 Å². The molecular weight excluding hydrogens is 313 g/mol. The second-order valence-corrected chi connectivity index (χ2v) is 5.10. The van der Waals surface area contributed by atoms with Gasteiger partial charge < -0.3 is 11.1 Å². The SMILES string of the molecule is Nc1cc([S])cc(C(=O)NCc2ccccc2C(F)(F)F)c1. The molecule has 0 unspecified atom stereocenters. The number of carbonyl (C=O) groups is 1. The Hall–Kier alpha value is -2.28. The van der Waals surface area contributed by atoms with Crippen molar-refractivity contribution >= 4 is 24.2 Å². The van der Waals surface area contributed by atoms with Gasteiger partial charge in [0.2, 0.25) is 0 Å². The Morgan fingerprint density at radius 3 is 2.50 bits per heavy atom. The molecule has 0 aliphatic carbocycles. The number of amides is 1. The highest BCUT2D eigenvalue weighted by Crippen LogP contribution is 2.31. The first-order valence-corrected chi connectivity index (χ1v) is 6.69. The summed E-state index contributed by atoms with van der Waals surface area (Å²) >= 11 is 4.94. The second-order valence-electron chi connectivity index (χ2n) is 4.63. The minimum atomic E-state index is -4.47. The van der Waals surface area contributed by atoms with Gasteiger partial charge in [0.05, 0.1) is 5.56 Å². The van der Waals surface area contributed by atoms with Gasteiger partial charge in [-0.25, -0.2) is 0 Å². The van der Waals surface area contributed by atoms with Crippen molar-refractivity contribution in [1.82, 2.24) is 5.32 Å². The lowest BCUT2D eigenvalue weighted by Crippen LogP contribution is -2.24. The molecule has 0 aliphatic heterocycles.